The molecule has 0 aliphatic carbocycles. The van der Waals surface area contributed by atoms with Gasteiger partial charge in [0.05, 0.1) is 12.2 Å². The van der Waals surface area contributed by atoms with Gasteiger partial charge in [-0.15, -0.1) is 0 Å². The van der Waals surface area contributed by atoms with Crippen LogP contribution in [-0.2, 0) is 13.0 Å². The van der Waals surface area contributed by atoms with E-state index in [0.29, 0.717) is 0 Å². The van der Waals surface area contributed by atoms with Crippen molar-refractivity contribution in [2.75, 3.05) is 20.6 Å². The summed E-state index contributed by atoms with van der Waals surface area (Å²) >= 11 is 6.20. The third-order valence-electron chi connectivity index (χ3n) is 2.30. The van der Waals surface area contributed by atoms with Crippen LogP contribution < -0.4 is 0 Å². The average molecular weight is 216 g/mol. The van der Waals surface area contributed by atoms with Crippen LogP contribution in [0.25, 0.3) is 0 Å². The summed E-state index contributed by atoms with van der Waals surface area (Å²) < 4.78 is 1.88. The first kappa shape index (κ1) is 11.5. The highest BCUT2D eigenvalue weighted by Crippen LogP contribution is 2.19. The maximum Gasteiger partial charge on any atom is 0.130 e. The standard InChI is InChI=1S/C10H18ClN3/c1-5-9-8(2)12-14(10(9)11)7-6-13(3)4/h5-7H2,1-4H3. The first-order chi connectivity index (χ1) is 6.56. The average Bonchev–Trinajstić information content (AvgIpc) is 2.38. The van der Waals surface area contributed by atoms with Crippen molar-refractivity contribution in [3.05, 3.63) is 16.4 Å². The van der Waals surface area contributed by atoms with E-state index in [1.807, 2.05) is 25.7 Å². The lowest BCUT2D eigenvalue weighted by Gasteiger charge is -2.09. The van der Waals surface area contributed by atoms with E-state index in [4.69, 9.17) is 11.6 Å². The summed E-state index contributed by atoms with van der Waals surface area (Å²) in [5, 5.41) is 5.21. The number of halogens is 1. The van der Waals surface area contributed by atoms with Gasteiger partial charge in [0, 0.05) is 12.1 Å². The van der Waals surface area contributed by atoms with Gasteiger partial charge in [0.25, 0.3) is 0 Å². The van der Waals surface area contributed by atoms with Gasteiger partial charge >= 0.3 is 0 Å². The molecule has 14 heavy (non-hydrogen) atoms. The zero-order valence-electron chi connectivity index (χ0n) is 9.34. The highest BCUT2D eigenvalue weighted by molar-refractivity contribution is 6.30. The Hall–Kier alpha value is -0.540. The molecule has 0 aliphatic rings. The lowest BCUT2D eigenvalue weighted by molar-refractivity contribution is 0.373. The second-order valence-corrected chi connectivity index (χ2v) is 4.09. The van der Waals surface area contributed by atoms with E-state index >= 15 is 0 Å². The highest BCUT2D eigenvalue weighted by atomic mass is 35.5. The third kappa shape index (κ3) is 2.49. The third-order valence-corrected chi connectivity index (χ3v) is 2.72. The number of hydrogen-bond acceptors (Lipinski definition) is 2. The molecule has 0 amide bonds. The minimum absolute atomic E-state index is 0.798. The summed E-state index contributed by atoms with van der Waals surface area (Å²) in [6, 6.07) is 0. The molecule has 0 aliphatic heterocycles. The van der Waals surface area contributed by atoms with Gasteiger partial charge in [0.2, 0.25) is 0 Å². The van der Waals surface area contributed by atoms with Crippen LogP contribution in [-0.4, -0.2) is 35.3 Å². The van der Waals surface area contributed by atoms with E-state index in [2.05, 4.69) is 16.9 Å². The Kier molecular flexibility index (Phi) is 3.96. The summed E-state index contributed by atoms with van der Waals surface area (Å²) in [4.78, 5) is 2.12. The van der Waals surface area contributed by atoms with Gasteiger partial charge in [-0.05, 0) is 27.4 Å². The zero-order valence-corrected chi connectivity index (χ0v) is 10.1. The largest absolute Gasteiger partial charge is 0.308 e. The Morgan fingerprint density at radius 1 is 1.43 bits per heavy atom. The molecule has 0 unspecified atom stereocenters. The molecule has 0 saturated heterocycles. The number of aryl methyl sites for hydroxylation is 1. The van der Waals surface area contributed by atoms with E-state index < -0.39 is 0 Å². The molecule has 1 aromatic heterocycles. The molecule has 3 nitrogen and oxygen atoms in total. The van der Waals surface area contributed by atoms with E-state index in [1.165, 1.54) is 5.56 Å². The van der Waals surface area contributed by atoms with E-state index in [0.717, 1.165) is 30.4 Å². The Labute approximate surface area is 90.7 Å². The molecule has 0 fully saturated rings. The van der Waals surface area contributed by atoms with Crippen LogP contribution in [0.4, 0.5) is 0 Å². The molecular weight excluding hydrogens is 198 g/mol. The molecule has 4 heteroatoms. The highest BCUT2D eigenvalue weighted by Gasteiger charge is 2.10. The lowest BCUT2D eigenvalue weighted by atomic mass is 10.2. The molecule has 0 aromatic carbocycles. The van der Waals surface area contributed by atoms with Crippen LogP contribution in [0.15, 0.2) is 0 Å². The fourth-order valence-electron chi connectivity index (χ4n) is 1.43. The summed E-state index contributed by atoms with van der Waals surface area (Å²) in [6.07, 6.45) is 0.951. The summed E-state index contributed by atoms with van der Waals surface area (Å²) in [6.45, 7) is 5.93. The fourth-order valence-corrected chi connectivity index (χ4v) is 1.83. The van der Waals surface area contributed by atoms with Gasteiger partial charge in [-0.25, -0.2) is 0 Å². The summed E-state index contributed by atoms with van der Waals surface area (Å²) in [5.74, 6) is 0. The minimum atomic E-state index is 0.798. The van der Waals surface area contributed by atoms with Gasteiger partial charge < -0.3 is 4.90 Å². The molecule has 1 aromatic rings. The predicted octanol–water partition coefficient (Wildman–Crippen LogP) is 1.97. The van der Waals surface area contributed by atoms with Crippen molar-refractivity contribution in [3.8, 4) is 0 Å². The van der Waals surface area contributed by atoms with Crippen molar-refractivity contribution >= 4 is 11.6 Å². The monoisotopic (exact) mass is 215 g/mol. The molecule has 0 radical (unpaired) electrons. The molecule has 1 rings (SSSR count). The summed E-state index contributed by atoms with van der Waals surface area (Å²) in [5.41, 5.74) is 2.22. The van der Waals surface area contributed by atoms with Gasteiger partial charge in [-0.3, -0.25) is 4.68 Å². The molecule has 80 valence electrons. The smallest absolute Gasteiger partial charge is 0.130 e. The molecule has 1 heterocycles. The van der Waals surface area contributed by atoms with E-state index in [-0.39, 0.29) is 0 Å². The lowest BCUT2D eigenvalue weighted by Crippen LogP contribution is -2.19. The van der Waals surface area contributed by atoms with Crippen molar-refractivity contribution in [1.29, 1.82) is 0 Å². The number of rotatable bonds is 4. The molecule has 0 spiro atoms. The second kappa shape index (κ2) is 4.80. The van der Waals surface area contributed by atoms with Crippen LogP contribution in [0, 0.1) is 6.92 Å². The number of nitrogens with zero attached hydrogens (tertiary/aromatic N) is 3. The quantitative estimate of drug-likeness (QED) is 0.766. The predicted molar refractivity (Wildman–Crippen MR) is 59.9 cm³/mol. The topological polar surface area (TPSA) is 21.1 Å². The zero-order chi connectivity index (χ0) is 10.7. The Balaban J connectivity index is 2.78. The van der Waals surface area contributed by atoms with E-state index in [9.17, 15) is 0 Å². The fraction of sp³-hybridized carbons (Fsp3) is 0.700. The normalized spacial score (nSPS) is 11.3. The molecule has 0 atom stereocenters. The van der Waals surface area contributed by atoms with Crippen LogP contribution in [0.2, 0.25) is 5.15 Å². The Bertz CT molecular complexity index is 305. The van der Waals surface area contributed by atoms with Gasteiger partial charge in [0.15, 0.2) is 0 Å². The van der Waals surface area contributed by atoms with Crippen molar-refractivity contribution < 1.29 is 0 Å². The maximum absolute atomic E-state index is 6.20. The Morgan fingerprint density at radius 2 is 2.07 bits per heavy atom. The molecule has 0 N–H and O–H groups in total. The van der Waals surface area contributed by atoms with Gasteiger partial charge in [-0.2, -0.15) is 5.10 Å². The summed E-state index contributed by atoms with van der Waals surface area (Å²) in [7, 11) is 4.09. The van der Waals surface area contributed by atoms with Crippen LogP contribution in [0.1, 0.15) is 18.2 Å². The van der Waals surface area contributed by atoms with Crippen LogP contribution >= 0.6 is 11.6 Å². The first-order valence-corrected chi connectivity index (χ1v) is 5.30. The first-order valence-electron chi connectivity index (χ1n) is 4.92. The maximum atomic E-state index is 6.20. The molecule has 0 saturated carbocycles. The van der Waals surface area contributed by atoms with Crippen LogP contribution in [0.5, 0.6) is 0 Å². The number of hydrogen-bond donors (Lipinski definition) is 0. The minimum Gasteiger partial charge on any atom is -0.308 e. The van der Waals surface area contributed by atoms with Crippen molar-refractivity contribution in [3.63, 3.8) is 0 Å². The number of aromatic nitrogens is 2. The van der Waals surface area contributed by atoms with Crippen molar-refractivity contribution in [2.45, 2.75) is 26.8 Å². The molecule has 0 bridgehead atoms. The van der Waals surface area contributed by atoms with Crippen molar-refractivity contribution in [2.24, 2.45) is 0 Å². The van der Waals surface area contributed by atoms with E-state index in [1.54, 1.807) is 0 Å². The second-order valence-electron chi connectivity index (χ2n) is 3.73. The van der Waals surface area contributed by atoms with Crippen molar-refractivity contribution in [1.82, 2.24) is 14.7 Å². The van der Waals surface area contributed by atoms with Crippen LogP contribution in [0.3, 0.4) is 0 Å². The van der Waals surface area contributed by atoms with Gasteiger partial charge in [0.1, 0.15) is 5.15 Å². The number of likely N-dealkylation sites (N-methyl/N-ethyl adjacent to an activating group) is 1. The Morgan fingerprint density at radius 3 is 2.50 bits per heavy atom. The van der Waals surface area contributed by atoms with Gasteiger partial charge in [-0.1, -0.05) is 18.5 Å². The molecular formula is C10H18ClN3. The SMILES string of the molecule is CCc1c(C)nn(CCN(C)C)c1Cl.